The van der Waals surface area contributed by atoms with Crippen LogP contribution in [0.3, 0.4) is 0 Å². The van der Waals surface area contributed by atoms with Gasteiger partial charge in [-0.15, -0.1) is 0 Å². The number of carbonyl (C=O) groups excluding carboxylic acids is 2. The fraction of sp³-hybridized carbons (Fsp3) is 0.500. The third kappa shape index (κ3) is 12.3. The van der Waals surface area contributed by atoms with Crippen molar-refractivity contribution in [2.24, 2.45) is 46.7 Å². The van der Waals surface area contributed by atoms with E-state index >= 15 is 0 Å². The molecule has 3 aliphatic heterocycles. The largest absolute Gasteiger partial charge is 0.504 e. The van der Waals surface area contributed by atoms with Gasteiger partial charge in [0.05, 0.1) is 25.8 Å². The summed E-state index contributed by atoms with van der Waals surface area (Å²) in [7, 11) is 1.52. The van der Waals surface area contributed by atoms with Crippen LogP contribution >= 0.6 is 0 Å². The maximum Gasteiger partial charge on any atom is 0.163 e. The second-order valence-corrected chi connectivity index (χ2v) is 21.7. The molecule has 3 aromatic carbocycles. The summed E-state index contributed by atoms with van der Waals surface area (Å²) in [6.45, 7) is 5.54. The Balaban J connectivity index is 0.851. The zero-order chi connectivity index (χ0) is 48.6. The maximum atomic E-state index is 13.9. The Bertz CT molecular complexity index is 2460. The minimum absolute atomic E-state index is 0.0219. The van der Waals surface area contributed by atoms with Gasteiger partial charge in [-0.3, -0.25) is 9.59 Å². The summed E-state index contributed by atoms with van der Waals surface area (Å²) >= 11 is 0. The molecule has 70 heavy (non-hydrogen) atoms. The molecule has 0 amide bonds. The number of rotatable bonds is 20. The van der Waals surface area contributed by atoms with Crippen LogP contribution in [-0.4, -0.2) is 79.4 Å². The van der Waals surface area contributed by atoms with Crippen LogP contribution in [-0.2, 0) is 35.3 Å². The van der Waals surface area contributed by atoms with Crippen LogP contribution in [0.15, 0.2) is 121 Å². The molecule has 6 aliphatic rings. The molecule has 2 saturated carbocycles. The van der Waals surface area contributed by atoms with Crippen LogP contribution in [0.4, 0.5) is 0 Å². The number of ketones is 2. The Labute approximate surface area is 416 Å². The third-order valence-corrected chi connectivity index (χ3v) is 16.8. The molecular weight excluding hydrogens is 871 g/mol. The summed E-state index contributed by atoms with van der Waals surface area (Å²) in [6, 6.07) is 23.7. The zero-order valence-corrected chi connectivity index (χ0v) is 41.5. The van der Waals surface area contributed by atoms with Crippen molar-refractivity contribution < 1.29 is 24.5 Å². The number of hydrogen-bond donors (Lipinski definition) is 7. The number of Topliss-reactive ketones (excluding diaryl/α,β-unsaturated/α-hetero) is 1. The van der Waals surface area contributed by atoms with E-state index in [1.807, 2.05) is 13.1 Å². The number of phenolic OH excluding ortho intramolecular Hbond substituents is 1. The molecule has 372 valence electrons. The quantitative estimate of drug-likeness (QED) is 0.0336. The Hall–Kier alpha value is -5.10. The number of aliphatic hydroxyl groups excluding tert-OH is 1. The monoisotopic (exact) mass is 948 g/mol. The highest BCUT2D eigenvalue weighted by molar-refractivity contribution is 6.06. The highest BCUT2D eigenvalue weighted by Gasteiger charge is 2.54. The number of allylic oxidation sites excluding steroid dienone is 5. The number of phenols is 1. The van der Waals surface area contributed by atoms with Crippen molar-refractivity contribution in [1.82, 2.24) is 21.3 Å². The normalized spacial score (nSPS) is 29.6. The fourth-order valence-corrected chi connectivity index (χ4v) is 13.5. The van der Waals surface area contributed by atoms with E-state index in [9.17, 15) is 19.8 Å². The molecule has 3 fully saturated rings. The number of aromatic hydroxyl groups is 1. The number of dihydropyridines is 1. The van der Waals surface area contributed by atoms with Gasteiger partial charge in [0.2, 0.25) is 0 Å². The van der Waals surface area contributed by atoms with Crippen molar-refractivity contribution in [2.75, 3.05) is 33.3 Å². The van der Waals surface area contributed by atoms with Crippen LogP contribution in [0.2, 0.25) is 0 Å². The first-order valence-corrected chi connectivity index (χ1v) is 26.4. The summed E-state index contributed by atoms with van der Waals surface area (Å²) < 4.78 is 5.52. The average molecular weight is 948 g/mol. The second kappa shape index (κ2) is 23.0. The lowest BCUT2D eigenvalue weighted by Gasteiger charge is -2.54. The molecule has 10 nitrogen and oxygen atoms in total. The van der Waals surface area contributed by atoms with E-state index in [2.05, 4.69) is 106 Å². The maximum absolute atomic E-state index is 13.9. The molecule has 3 aliphatic carbocycles. The van der Waals surface area contributed by atoms with Crippen LogP contribution in [0.25, 0.3) is 6.08 Å². The topological polar surface area (TPSA) is 158 Å². The van der Waals surface area contributed by atoms with Crippen LogP contribution < -0.4 is 31.7 Å². The fourth-order valence-electron chi connectivity index (χ4n) is 13.5. The van der Waals surface area contributed by atoms with E-state index in [-0.39, 0.29) is 41.2 Å². The number of nitrogens with two attached hydrogens (primary N) is 1. The van der Waals surface area contributed by atoms with Gasteiger partial charge in [0.1, 0.15) is 5.78 Å². The summed E-state index contributed by atoms with van der Waals surface area (Å²) in [5.74, 6) is 3.04. The zero-order valence-electron chi connectivity index (χ0n) is 41.5. The summed E-state index contributed by atoms with van der Waals surface area (Å²) in [4.78, 5) is 27.6. The number of methoxy groups -OCH3 is 1. The molecule has 0 aromatic heterocycles. The predicted octanol–water partition coefficient (Wildman–Crippen LogP) is 8.08. The number of carbonyl (C=O) groups is 2. The van der Waals surface area contributed by atoms with Gasteiger partial charge in [0.15, 0.2) is 17.3 Å². The van der Waals surface area contributed by atoms with Crippen molar-refractivity contribution in [3.05, 3.63) is 148 Å². The van der Waals surface area contributed by atoms with Crippen LogP contribution in [0.5, 0.6) is 11.5 Å². The van der Waals surface area contributed by atoms with E-state index in [0.29, 0.717) is 66.8 Å². The number of ether oxygens (including phenoxy) is 1. The van der Waals surface area contributed by atoms with E-state index in [1.54, 1.807) is 18.2 Å². The first-order chi connectivity index (χ1) is 34.0. The van der Waals surface area contributed by atoms with Gasteiger partial charge >= 0.3 is 0 Å². The van der Waals surface area contributed by atoms with Gasteiger partial charge in [-0.2, -0.15) is 0 Å². The molecule has 0 radical (unpaired) electrons. The number of nitrogens with one attached hydrogen (secondary N) is 4. The molecule has 1 saturated heterocycles. The summed E-state index contributed by atoms with van der Waals surface area (Å²) in [5.41, 5.74) is 14.1. The summed E-state index contributed by atoms with van der Waals surface area (Å²) in [6.07, 6.45) is 27.0. The molecule has 3 aromatic rings. The number of aliphatic hydroxyl groups is 1. The first kappa shape index (κ1) is 49.9. The summed E-state index contributed by atoms with van der Waals surface area (Å²) in [5, 5.41) is 35.8. The van der Waals surface area contributed by atoms with Crippen LogP contribution in [0.1, 0.15) is 92.5 Å². The molecule has 0 spiro atoms. The van der Waals surface area contributed by atoms with Gasteiger partial charge < -0.3 is 42.0 Å². The van der Waals surface area contributed by atoms with Crippen molar-refractivity contribution in [1.29, 1.82) is 0 Å². The van der Waals surface area contributed by atoms with E-state index in [4.69, 9.17) is 10.5 Å². The van der Waals surface area contributed by atoms with E-state index < -0.39 is 6.10 Å². The molecular formula is C60H77N5O5. The Morgan fingerprint density at radius 3 is 2.57 bits per heavy atom. The standard InChI is InChI=1S/C60H77N5O5/c1-39(66)36-64-51-31-50-19-16-43(33-60(50,34-51)35-55-54-21-23-62-37-49(54)26-46-12-7-22-63-59(46)55)25-53(68)32-52(67)20-18-44-29-57(70-2)56(69)28-47(44)27-48-38-65-58(61)30-45(48)17-15-42-11-6-10-41(24-42)14-13-40-8-4-3-5-9-40/h3-12,16,18-20,24,28-30,38-39,43,46,49-51,54-55,58-59,62-66,69H,13-15,17,21-23,25-27,31-37,61H2,1-2H3. The lowest BCUT2D eigenvalue weighted by atomic mass is 9.55. The number of fused-ring (bicyclic) bond motifs is 3. The van der Waals surface area contributed by atoms with Gasteiger partial charge in [-0.05, 0) is 195 Å². The van der Waals surface area contributed by atoms with Crippen molar-refractivity contribution in [3.8, 4) is 11.5 Å². The molecule has 9 rings (SSSR count). The molecule has 3 heterocycles. The lowest BCUT2D eigenvalue weighted by molar-refractivity contribution is -0.125. The Kier molecular flexibility index (Phi) is 16.4. The number of aryl methyl sites for hydroxylation is 3. The van der Waals surface area contributed by atoms with E-state index in [0.717, 1.165) is 93.3 Å². The van der Waals surface area contributed by atoms with Gasteiger partial charge in [-0.25, -0.2) is 0 Å². The first-order valence-electron chi connectivity index (χ1n) is 26.4. The number of benzene rings is 3. The molecule has 8 N–H and O–H groups in total. The van der Waals surface area contributed by atoms with Gasteiger partial charge in [0, 0.05) is 37.8 Å². The highest BCUT2D eigenvalue weighted by atomic mass is 16.5. The Morgan fingerprint density at radius 1 is 0.957 bits per heavy atom. The molecule has 11 unspecified atom stereocenters. The second-order valence-electron chi connectivity index (χ2n) is 21.7. The van der Waals surface area contributed by atoms with E-state index in [1.165, 1.54) is 42.7 Å². The van der Waals surface area contributed by atoms with Crippen molar-refractivity contribution in [3.63, 3.8) is 0 Å². The number of hydrogen-bond acceptors (Lipinski definition) is 10. The predicted molar refractivity (Wildman–Crippen MR) is 280 cm³/mol. The minimum atomic E-state index is -0.405. The highest BCUT2D eigenvalue weighted by Crippen LogP contribution is 2.58. The van der Waals surface area contributed by atoms with Crippen LogP contribution in [0, 0.1) is 40.9 Å². The average Bonchev–Trinajstić information content (AvgIpc) is 3.72. The lowest BCUT2D eigenvalue weighted by Crippen LogP contribution is -2.57. The van der Waals surface area contributed by atoms with Crippen molar-refractivity contribution in [2.45, 2.75) is 115 Å². The minimum Gasteiger partial charge on any atom is -0.504 e. The molecule has 0 bridgehead atoms. The smallest absolute Gasteiger partial charge is 0.163 e. The molecule has 10 heteroatoms. The SMILES string of the molecule is COc1cc(C=CC(=O)CC(=O)CC2C=CC3CC(NCC(C)O)CC3(CC3C4CCNCC4CC4C=CCNC43)C2)c(CC2=CNC(N)C=C2CCc2cccc(CCc3ccccc3)c2)cc1O. The number of piperidine rings is 1. The molecule has 11 atom stereocenters. The van der Waals surface area contributed by atoms with Gasteiger partial charge in [-0.1, -0.05) is 85.0 Å². The third-order valence-electron chi connectivity index (χ3n) is 16.8. The Morgan fingerprint density at radius 2 is 1.76 bits per heavy atom. The van der Waals surface area contributed by atoms with Crippen molar-refractivity contribution >= 4 is 17.6 Å². The van der Waals surface area contributed by atoms with Gasteiger partial charge in [0.25, 0.3) is 0 Å².